The Hall–Kier alpha value is -0.570. The maximum Gasteiger partial charge on any atom is 0.304 e. The first kappa shape index (κ1) is 10.5. The van der Waals surface area contributed by atoms with Crippen LogP contribution in [0.15, 0.2) is 0 Å². The Morgan fingerprint density at radius 3 is 2.77 bits per heavy atom. The van der Waals surface area contributed by atoms with E-state index in [1.807, 2.05) is 0 Å². The highest BCUT2D eigenvalue weighted by molar-refractivity contribution is 5.66. The van der Waals surface area contributed by atoms with Crippen molar-refractivity contribution in [3.63, 3.8) is 0 Å². The van der Waals surface area contributed by atoms with E-state index in [9.17, 15) is 4.79 Å². The largest absolute Gasteiger partial charge is 0.481 e. The second-order valence-corrected chi connectivity index (χ2v) is 4.70. The number of carboxylic acid groups (broad SMARTS) is 1. The lowest BCUT2D eigenvalue weighted by molar-refractivity contribution is -0.136. The van der Waals surface area contributed by atoms with Crippen LogP contribution in [-0.4, -0.2) is 23.7 Å². The van der Waals surface area contributed by atoms with Gasteiger partial charge in [0.15, 0.2) is 0 Å². The fourth-order valence-corrected chi connectivity index (χ4v) is 1.99. The van der Waals surface area contributed by atoms with Crippen LogP contribution in [0.3, 0.4) is 0 Å². The molecule has 1 rings (SSSR count). The average molecular weight is 185 g/mol. The molecule has 1 aliphatic carbocycles. The van der Waals surface area contributed by atoms with Gasteiger partial charge in [-0.3, -0.25) is 4.79 Å². The number of carboxylic acids is 1. The molecule has 1 saturated carbocycles. The van der Waals surface area contributed by atoms with Gasteiger partial charge in [0, 0.05) is 12.6 Å². The topological polar surface area (TPSA) is 49.3 Å². The Balaban J connectivity index is 2.14. The molecule has 0 radical (unpaired) electrons. The molecule has 3 nitrogen and oxygen atoms in total. The van der Waals surface area contributed by atoms with Crippen LogP contribution in [-0.2, 0) is 4.79 Å². The molecule has 0 saturated heterocycles. The zero-order valence-corrected chi connectivity index (χ0v) is 8.47. The van der Waals surface area contributed by atoms with E-state index in [4.69, 9.17) is 5.11 Å². The average Bonchev–Trinajstić information content (AvgIpc) is 2.29. The molecule has 1 atom stereocenters. The van der Waals surface area contributed by atoms with Gasteiger partial charge in [-0.1, -0.05) is 13.8 Å². The molecule has 13 heavy (non-hydrogen) atoms. The SMILES string of the molecule is CC1(C)CCC(NCCC(=O)O)C1. The summed E-state index contributed by atoms with van der Waals surface area (Å²) in [7, 11) is 0. The monoisotopic (exact) mass is 185 g/mol. The van der Waals surface area contributed by atoms with Gasteiger partial charge < -0.3 is 10.4 Å². The van der Waals surface area contributed by atoms with Crippen LogP contribution < -0.4 is 5.32 Å². The molecule has 0 heterocycles. The molecular formula is C10H19NO2. The van der Waals surface area contributed by atoms with Gasteiger partial charge in [0.2, 0.25) is 0 Å². The minimum atomic E-state index is -0.718. The van der Waals surface area contributed by atoms with Gasteiger partial charge in [-0.05, 0) is 24.7 Å². The molecule has 0 aromatic rings. The summed E-state index contributed by atoms with van der Waals surface area (Å²) in [5.41, 5.74) is 0.445. The van der Waals surface area contributed by atoms with Gasteiger partial charge in [-0.15, -0.1) is 0 Å². The maximum absolute atomic E-state index is 10.3. The lowest BCUT2D eigenvalue weighted by Gasteiger charge is -2.17. The van der Waals surface area contributed by atoms with Crippen LogP contribution in [0.25, 0.3) is 0 Å². The number of carbonyl (C=O) groups is 1. The van der Waals surface area contributed by atoms with Crippen LogP contribution in [0, 0.1) is 5.41 Å². The van der Waals surface area contributed by atoms with Crippen molar-refractivity contribution in [1.82, 2.24) is 5.32 Å². The van der Waals surface area contributed by atoms with Crippen LogP contribution >= 0.6 is 0 Å². The Morgan fingerprint density at radius 2 is 2.31 bits per heavy atom. The van der Waals surface area contributed by atoms with E-state index >= 15 is 0 Å². The second-order valence-electron chi connectivity index (χ2n) is 4.70. The van der Waals surface area contributed by atoms with Gasteiger partial charge in [-0.25, -0.2) is 0 Å². The molecule has 1 unspecified atom stereocenters. The third-order valence-electron chi connectivity index (χ3n) is 2.74. The van der Waals surface area contributed by atoms with E-state index in [-0.39, 0.29) is 6.42 Å². The van der Waals surface area contributed by atoms with Crippen LogP contribution in [0.4, 0.5) is 0 Å². The summed E-state index contributed by atoms with van der Waals surface area (Å²) < 4.78 is 0. The Kier molecular flexibility index (Phi) is 3.31. The van der Waals surface area contributed by atoms with E-state index in [0.29, 0.717) is 18.0 Å². The van der Waals surface area contributed by atoms with Crippen molar-refractivity contribution in [3.8, 4) is 0 Å². The zero-order chi connectivity index (χ0) is 9.90. The molecular weight excluding hydrogens is 166 g/mol. The number of hydrogen-bond donors (Lipinski definition) is 2. The van der Waals surface area contributed by atoms with Crippen molar-refractivity contribution in [2.75, 3.05) is 6.54 Å². The molecule has 76 valence electrons. The van der Waals surface area contributed by atoms with Crippen molar-refractivity contribution in [2.45, 2.75) is 45.6 Å². The molecule has 0 bridgehead atoms. The standard InChI is InChI=1S/C10H19NO2/c1-10(2)5-3-8(7-10)11-6-4-9(12)13/h8,11H,3-7H2,1-2H3,(H,12,13). The number of hydrogen-bond acceptors (Lipinski definition) is 2. The Bertz CT molecular complexity index is 189. The lowest BCUT2D eigenvalue weighted by Crippen LogP contribution is -2.29. The van der Waals surface area contributed by atoms with E-state index in [1.54, 1.807) is 0 Å². The summed E-state index contributed by atoms with van der Waals surface area (Å²) in [5.74, 6) is -0.718. The quantitative estimate of drug-likeness (QED) is 0.700. The van der Waals surface area contributed by atoms with E-state index in [0.717, 1.165) is 0 Å². The van der Waals surface area contributed by atoms with Crippen molar-refractivity contribution in [2.24, 2.45) is 5.41 Å². The first-order valence-electron chi connectivity index (χ1n) is 4.95. The summed E-state index contributed by atoms with van der Waals surface area (Å²) >= 11 is 0. The minimum absolute atomic E-state index is 0.233. The summed E-state index contributed by atoms with van der Waals surface area (Å²) in [6.07, 6.45) is 3.84. The van der Waals surface area contributed by atoms with Gasteiger partial charge in [0.25, 0.3) is 0 Å². The van der Waals surface area contributed by atoms with E-state index in [1.165, 1.54) is 19.3 Å². The van der Waals surface area contributed by atoms with Crippen molar-refractivity contribution < 1.29 is 9.90 Å². The molecule has 2 N–H and O–H groups in total. The summed E-state index contributed by atoms with van der Waals surface area (Å²) in [4.78, 5) is 10.3. The van der Waals surface area contributed by atoms with E-state index < -0.39 is 5.97 Å². The maximum atomic E-state index is 10.3. The van der Waals surface area contributed by atoms with Crippen molar-refractivity contribution >= 4 is 5.97 Å². The fraction of sp³-hybridized carbons (Fsp3) is 0.900. The lowest BCUT2D eigenvalue weighted by atomic mass is 9.92. The van der Waals surface area contributed by atoms with Crippen LogP contribution in [0.5, 0.6) is 0 Å². The molecule has 1 aliphatic rings. The molecule has 0 aliphatic heterocycles. The first-order chi connectivity index (χ1) is 5.99. The molecule has 1 fully saturated rings. The molecule has 0 aromatic heterocycles. The molecule has 3 heteroatoms. The molecule has 0 aromatic carbocycles. The molecule has 0 amide bonds. The highest BCUT2D eigenvalue weighted by Crippen LogP contribution is 2.36. The van der Waals surface area contributed by atoms with Gasteiger partial charge in [0.1, 0.15) is 0 Å². The van der Waals surface area contributed by atoms with Crippen molar-refractivity contribution in [3.05, 3.63) is 0 Å². The molecule has 0 spiro atoms. The second kappa shape index (κ2) is 4.09. The smallest absolute Gasteiger partial charge is 0.304 e. The summed E-state index contributed by atoms with van der Waals surface area (Å²) in [5, 5.41) is 11.7. The predicted molar refractivity (Wildman–Crippen MR) is 51.7 cm³/mol. The number of rotatable bonds is 4. The minimum Gasteiger partial charge on any atom is -0.481 e. The van der Waals surface area contributed by atoms with Gasteiger partial charge in [0.05, 0.1) is 6.42 Å². The number of aliphatic carboxylic acids is 1. The number of nitrogens with one attached hydrogen (secondary N) is 1. The normalized spacial score (nSPS) is 26.2. The Labute approximate surface area is 79.5 Å². The zero-order valence-electron chi connectivity index (χ0n) is 8.47. The third-order valence-corrected chi connectivity index (χ3v) is 2.74. The van der Waals surface area contributed by atoms with Crippen LogP contribution in [0.2, 0.25) is 0 Å². The van der Waals surface area contributed by atoms with Crippen LogP contribution in [0.1, 0.15) is 39.5 Å². The highest BCUT2D eigenvalue weighted by Gasteiger charge is 2.30. The van der Waals surface area contributed by atoms with Crippen molar-refractivity contribution in [1.29, 1.82) is 0 Å². The third kappa shape index (κ3) is 3.77. The van der Waals surface area contributed by atoms with Gasteiger partial charge in [-0.2, -0.15) is 0 Å². The summed E-state index contributed by atoms with van der Waals surface area (Å²) in [6.45, 7) is 5.15. The Morgan fingerprint density at radius 1 is 1.62 bits per heavy atom. The summed E-state index contributed by atoms with van der Waals surface area (Å²) in [6, 6.07) is 0.536. The fourth-order valence-electron chi connectivity index (χ4n) is 1.99. The van der Waals surface area contributed by atoms with Gasteiger partial charge >= 0.3 is 5.97 Å². The predicted octanol–water partition coefficient (Wildman–Crippen LogP) is 1.63. The first-order valence-corrected chi connectivity index (χ1v) is 4.95. The van der Waals surface area contributed by atoms with E-state index in [2.05, 4.69) is 19.2 Å². The highest BCUT2D eigenvalue weighted by atomic mass is 16.4.